The van der Waals surface area contributed by atoms with Crippen LogP contribution in [-0.2, 0) is 16.1 Å². The normalized spacial score (nSPS) is 10.6. The molecule has 128 valence electrons. The summed E-state index contributed by atoms with van der Waals surface area (Å²) in [5.41, 5.74) is -0.489. The summed E-state index contributed by atoms with van der Waals surface area (Å²) in [6, 6.07) is 9.63. The average molecular weight is 342 g/mol. The second kappa shape index (κ2) is 7.04. The van der Waals surface area contributed by atoms with Crippen LogP contribution in [0.15, 0.2) is 56.3 Å². The van der Waals surface area contributed by atoms with Gasteiger partial charge in [0, 0.05) is 5.39 Å². The maximum Gasteiger partial charge on any atom is 0.351 e. The van der Waals surface area contributed by atoms with Crippen LogP contribution in [0.2, 0.25) is 0 Å². The van der Waals surface area contributed by atoms with E-state index in [0.717, 1.165) is 0 Å². The molecule has 0 bridgehead atoms. The maximum atomic E-state index is 12.2. The minimum Gasteiger partial charge on any atom is -0.465 e. The Bertz CT molecular complexity index is 980. The molecule has 1 aromatic carbocycles. The van der Waals surface area contributed by atoms with Gasteiger partial charge in [-0.3, -0.25) is 0 Å². The molecule has 0 spiro atoms. The van der Waals surface area contributed by atoms with Crippen molar-refractivity contribution in [2.75, 3.05) is 6.61 Å². The molecule has 25 heavy (non-hydrogen) atoms. The van der Waals surface area contributed by atoms with Crippen molar-refractivity contribution in [1.29, 1.82) is 0 Å². The van der Waals surface area contributed by atoms with Crippen molar-refractivity contribution in [1.82, 2.24) is 0 Å². The van der Waals surface area contributed by atoms with Gasteiger partial charge in [-0.1, -0.05) is 18.2 Å². The molecule has 3 rings (SSSR count). The van der Waals surface area contributed by atoms with Gasteiger partial charge in [0.1, 0.15) is 16.7 Å². The summed E-state index contributed by atoms with van der Waals surface area (Å²) in [6.45, 7) is 1.57. The van der Waals surface area contributed by atoms with Gasteiger partial charge >= 0.3 is 17.6 Å². The lowest BCUT2D eigenvalue weighted by molar-refractivity contribution is 0.0419. The van der Waals surface area contributed by atoms with Crippen LogP contribution in [0.5, 0.6) is 0 Å². The zero-order chi connectivity index (χ0) is 17.8. The summed E-state index contributed by atoms with van der Waals surface area (Å²) in [7, 11) is 0. The number of rotatable bonds is 5. The van der Waals surface area contributed by atoms with Gasteiger partial charge in [-0.2, -0.15) is 0 Å². The molecule has 0 atom stereocenters. The van der Waals surface area contributed by atoms with Crippen LogP contribution in [0.1, 0.15) is 33.4 Å². The number of ether oxygens (including phenoxy) is 2. The Morgan fingerprint density at radius 2 is 1.80 bits per heavy atom. The third-order valence-electron chi connectivity index (χ3n) is 3.44. The van der Waals surface area contributed by atoms with E-state index < -0.39 is 17.6 Å². The fourth-order valence-corrected chi connectivity index (χ4v) is 2.26. The Labute approximate surface area is 141 Å². The highest BCUT2D eigenvalue weighted by atomic mass is 16.5. The third-order valence-corrected chi connectivity index (χ3v) is 3.44. The Morgan fingerprint density at radius 3 is 2.60 bits per heavy atom. The van der Waals surface area contributed by atoms with E-state index in [-0.39, 0.29) is 30.1 Å². The van der Waals surface area contributed by atoms with Crippen molar-refractivity contribution in [2.24, 2.45) is 0 Å². The number of hydrogen-bond acceptors (Lipinski definition) is 7. The van der Waals surface area contributed by atoms with Crippen molar-refractivity contribution in [3.05, 3.63) is 70.0 Å². The molecule has 7 heteroatoms. The van der Waals surface area contributed by atoms with Crippen molar-refractivity contribution < 1.29 is 27.9 Å². The predicted molar refractivity (Wildman–Crippen MR) is 86.3 cm³/mol. The van der Waals surface area contributed by atoms with Gasteiger partial charge in [0.2, 0.25) is 0 Å². The van der Waals surface area contributed by atoms with Crippen LogP contribution < -0.4 is 5.63 Å². The highest BCUT2D eigenvalue weighted by Crippen LogP contribution is 2.16. The zero-order valence-electron chi connectivity index (χ0n) is 13.3. The van der Waals surface area contributed by atoms with Crippen LogP contribution in [0.25, 0.3) is 11.0 Å². The van der Waals surface area contributed by atoms with E-state index in [1.54, 1.807) is 31.2 Å². The molecule has 3 aromatic rings. The molecule has 0 saturated carbocycles. The molecule has 0 saturated heterocycles. The van der Waals surface area contributed by atoms with E-state index in [9.17, 15) is 14.4 Å². The van der Waals surface area contributed by atoms with Gasteiger partial charge in [0.05, 0.1) is 12.9 Å². The van der Waals surface area contributed by atoms with E-state index in [1.165, 1.54) is 18.4 Å². The molecule has 0 aliphatic rings. The first-order valence-corrected chi connectivity index (χ1v) is 7.53. The van der Waals surface area contributed by atoms with Crippen LogP contribution in [-0.4, -0.2) is 18.5 Å². The average Bonchev–Trinajstić information content (AvgIpc) is 3.08. The summed E-state index contributed by atoms with van der Waals surface area (Å²) >= 11 is 0. The lowest BCUT2D eigenvalue weighted by Crippen LogP contribution is -2.17. The van der Waals surface area contributed by atoms with Crippen molar-refractivity contribution in [2.45, 2.75) is 13.5 Å². The van der Waals surface area contributed by atoms with Crippen molar-refractivity contribution in [3.8, 4) is 0 Å². The molecule has 0 aliphatic carbocycles. The first kappa shape index (κ1) is 16.5. The lowest BCUT2D eigenvalue weighted by Gasteiger charge is -2.05. The Balaban J connectivity index is 1.78. The Hall–Kier alpha value is -3.35. The molecule has 2 aromatic heterocycles. The maximum absolute atomic E-state index is 12.2. The highest BCUT2D eigenvalue weighted by Gasteiger charge is 2.20. The van der Waals surface area contributed by atoms with Crippen molar-refractivity contribution in [3.63, 3.8) is 0 Å². The minimum absolute atomic E-state index is 0.136. The SMILES string of the molecule is CCOC(=O)c1ccoc1COC(=O)c1cc2ccccc2oc1=O. The Morgan fingerprint density at radius 1 is 1.04 bits per heavy atom. The number of para-hydroxylation sites is 1. The standard InChI is InChI=1S/C18H14O7/c1-2-22-16(19)12-7-8-23-15(12)10-24-17(20)13-9-11-5-3-4-6-14(11)25-18(13)21/h3-9H,2,10H2,1H3. The topological polar surface area (TPSA) is 96.0 Å². The van der Waals surface area contributed by atoms with Crippen LogP contribution >= 0.6 is 0 Å². The molecule has 0 N–H and O–H groups in total. The van der Waals surface area contributed by atoms with E-state index in [0.29, 0.717) is 11.0 Å². The summed E-state index contributed by atoms with van der Waals surface area (Å²) < 4.78 is 20.2. The molecular weight excluding hydrogens is 328 g/mol. The van der Waals surface area contributed by atoms with E-state index in [2.05, 4.69) is 0 Å². The fraction of sp³-hybridized carbons (Fsp3) is 0.167. The van der Waals surface area contributed by atoms with Gasteiger partial charge in [-0.15, -0.1) is 0 Å². The largest absolute Gasteiger partial charge is 0.465 e. The summed E-state index contributed by atoms with van der Waals surface area (Å²) in [6.07, 6.45) is 1.29. The molecule has 0 amide bonds. The number of esters is 2. The first-order chi connectivity index (χ1) is 12.1. The number of hydrogen-bond donors (Lipinski definition) is 0. The first-order valence-electron chi connectivity index (χ1n) is 7.53. The highest BCUT2D eigenvalue weighted by molar-refractivity contribution is 5.93. The van der Waals surface area contributed by atoms with Crippen LogP contribution in [0.3, 0.4) is 0 Å². The predicted octanol–water partition coefficient (Wildman–Crippen LogP) is 2.92. The van der Waals surface area contributed by atoms with Crippen molar-refractivity contribution >= 4 is 22.9 Å². The zero-order valence-corrected chi connectivity index (χ0v) is 13.3. The quantitative estimate of drug-likeness (QED) is 0.519. The summed E-state index contributed by atoms with van der Waals surface area (Å²) in [5, 5.41) is 0.597. The third kappa shape index (κ3) is 3.45. The van der Waals surface area contributed by atoms with E-state index >= 15 is 0 Å². The van der Waals surface area contributed by atoms with Gasteiger partial charge in [0.15, 0.2) is 12.4 Å². The summed E-state index contributed by atoms with van der Waals surface area (Å²) in [4.78, 5) is 35.9. The molecule has 0 unspecified atom stereocenters. The molecule has 0 fully saturated rings. The number of benzene rings is 1. The van der Waals surface area contributed by atoms with E-state index in [1.807, 2.05) is 0 Å². The number of fused-ring (bicyclic) bond motifs is 1. The molecule has 0 radical (unpaired) electrons. The molecule has 2 heterocycles. The number of carbonyl (C=O) groups excluding carboxylic acids is 2. The Kier molecular flexibility index (Phi) is 4.65. The van der Waals surface area contributed by atoms with Gasteiger partial charge in [0.25, 0.3) is 0 Å². The second-order valence-corrected chi connectivity index (χ2v) is 5.04. The molecular formula is C18H14O7. The van der Waals surface area contributed by atoms with Gasteiger partial charge in [-0.25, -0.2) is 14.4 Å². The van der Waals surface area contributed by atoms with Gasteiger partial charge < -0.3 is 18.3 Å². The fourth-order valence-electron chi connectivity index (χ4n) is 2.26. The summed E-state index contributed by atoms with van der Waals surface area (Å²) in [5.74, 6) is -1.31. The van der Waals surface area contributed by atoms with Crippen LogP contribution in [0, 0.1) is 0 Å². The lowest BCUT2D eigenvalue weighted by atomic mass is 10.2. The van der Waals surface area contributed by atoms with Crippen LogP contribution in [0.4, 0.5) is 0 Å². The number of carbonyl (C=O) groups is 2. The van der Waals surface area contributed by atoms with E-state index in [4.69, 9.17) is 18.3 Å². The number of furan rings is 1. The minimum atomic E-state index is -0.870. The van der Waals surface area contributed by atoms with Gasteiger partial charge in [-0.05, 0) is 25.1 Å². The molecule has 7 nitrogen and oxygen atoms in total. The smallest absolute Gasteiger partial charge is 0.351 e. The monoisotopic (exact) mass is 342 g/mol. The second-order valence-electron chi connectivity index (χ2n) is 5.04. The molecule has 0 aliphatic heterocycles.